The molecule has 1 radical (unpaired) electrons. The predicted molar refractivity (Wildman–Crippen MR) is 66.4 cm³/mol. The van der Waals surface area contributed by atoms with Crippen molar-refractivity contribution in [3.63, 3.8) is 0 Å². The van der Waals surface area contributed by atoms with E-state index in [-0.39, 0.29) is 0 Å². The topological polar surface area (TPSA) is 46.6 Å². The normalized spacial score (nSPS) is 11.7. The van der Waals surface area contributed by atoms with Crippen molar-refractivity contribution in [2.45, 2.75) is 12.3 Å². The zero-order chi connectivity index (χ0) is 12.8. The van der Waals surface area contributed by atoms with Crippen molar-refractivity contribution in [3.05, 3.63) is 24.3 Å². The second-order valence-corrected chi connectivity index (χ2v) is 3.74. The van der Waals surface area contributed by atoms with Crippen LogP contribution in [0, 0.1) is 0 Å². The molecule has 1 aromatic rings. The molecule has 1 atom stereocenters. The molecular weight excluding hydrogens is 242 g/mol. The van der Waals surface area contributed by atoms with Crippen LogP contribution in [0.3, 0.4) is 0 Å². The molecule has 1 unspecified atom stereocenters. The summed E-state index contributed by atoms with van der Waals surface area (Å²) in [7, 11) is 1.55. The fourth-order valence-electron chi connectivity index (χ4n) is 1.28. The number of ether oxygens (including phenoxy) is 1. The van der Waals surface area contributed by atoms with Gasteiger partial charge in [0.2, 0.25) is 6.29 Å². The molecule has 0 heterocycles. The number of carbonyl (C=O) groups is 1. The summed E-state index contributed by atoms with van der Waals surface area (Å²) < 4.78 is 5.28. The van der Waals surface area contributed by atoms with Crippen molar-refractivity contribution < 1.29 is 14.3 Å². The van der Waals surface area contributed by atoms with Gasteiger partial charge in [-0.2, -0.15) is 0 Å². The molecule has 1 amide bonds. The van der Waals surface area contributed by atoms with Gasteiger partial charge >= 0.3 is 0 Å². The average Bonchev–Trinajstić information content (AvgIpc) is 2.37. The first-order valence-electron chi connectivity index (χ1n) is 5.12. The minimum absolute atomic E-state index is 0.508. The smallest absolute Gasteiger partial charge is 0.252 e. The summed E-state index contributed by atoms with van der Waals surface area (Å²) in [6.45, 7) is 2.47. The number of rotatable bonds is 5. The third-order valence-electron chi connectivity index (χ3n) is 2.19. The Labute approximate surface area is 105 Å². The van der Waals surface area contributed by atoms with E-state index in [1.165, 1.54) is 11.2 Å². The molecule has 0 aromatic heterocycles. The molecule has 0 fully saturated rings. The first kappa shape index (κ1) is 13.5. The van der Waals surface area contributed by atoms with E-state index in [0.29, 0.717) is 12.3 Å². The summed E-state index contributed by atoms with van der Waals surface area (Å²) in [6.07, 6.45) is 1.45. The minimum atomic E-state index is -1.27. The Morgan fingerprint density at radius 2 is 2.06 bits per heavy atom. The van der Waals surface area contributed by atoms with E-state index in [9.17, 15) is 9.59 Å². The summed E-state index contributed by atoms with van der Waals surface area (Å²) in [5.41, 5.74) is 0.638. The van der Waals surface area contributed by atoms with E-state index in [4.69, 9.17) is 16.3 Å². The molecule has 17 heavy (non-hydrogen) atoms. The molecule has 0 spiro atoms. The highest BCUT2D eigenvalue weighted by atomic mass is 35.5. The van der Waals surface area contributed by atoms with Crippen molar-refractivity contribution in [1.82, 2.24) is 0 Å². The van der Waals surface area contributed by atoms with Crippen molar-refractivity contribution in [3.8, 4) is 5.75 Å². The molecule has 0 saturated carbocycles. The largest absolute Gasteiger partial charge is 0.494 e. The van der Waals surface area contributed by atoms with Crippen molar-refractivity contribution >= 4 is 29.5 Å². The number of anilines is 1. The van der Waals surface area contributed by atoms with E-state index in [1.54, 1.807) is 31.3 Å². The lowest BCUT2D eigenvalue weighted by Gasteiger charge is -2.18. The third kappa shape index (κ3) is 3.46. The molecule has 4 nitrogen and oxygen atoms in total. The van der Waals surface area contributed by atoms with Gasteiger partial charge in [-0.05, 0) is 31.2 Å². The molecule has 0 saturated heterocycles. The highest BCUT2D eigenvalue weighted by Crippen LogP contribution is 2.19. The van der Waals surface area contributed by atoms with Crippen LogP contribution in [0.2, 0.25) is 0 Å². The van der Waals surface area contributed by atoms with Crippen LogP contribution < -0.4 is 9.64 Å². The van der Waals surface area contributed by atoms with Crippen LogP contribution >= 0.6 is 11.6 Å². The highest BCUT2D eigenvalue weighted by molar-refractivity contribution is 6.40. The Bertz CT molecular complexity index is 391. The first-order chi connectivity index (χ1) is 8.10. The average molecular weight is 255 g/mol. The summed E-state index contributed by atoms with van der Waals surface area (Å²) in [5, 5.41) is -1.27. The van der Waals surface area contributed by atoms with Gasteiger partial charge in [-0.3, -0.25) is 9.59 Å². The Morgan fingerprint density at radius 1 is 1.47 bits per heavy atom. The molecule has 0 aliphatic rings. The molecule has 91 valence electrons. The Kier molecular flexibility index (Phi) is 4.97. The van der Waals surface area contributed by atoms with Gasteiger partial charge in [0, 0.05) is 12.7 Å². The van der Waals surface area contributed by atoms with Crippen LogP contribution in [0.1, 0.15) is 6.92 Å². The van der Waals surface area contributed by atoms with Crippen LogP contribution in [-0.4, -0.2) is 31.2 Å². The van der Waals surface area contributed by atoms with Gasteiger partial charge in [0.25, 0.3) is 5.91 Å². The standard InChI is InChI=1S/C12H13ClNO3/c1-3-17-10-6-4-9(5-7-10)14(2)12(16)11(13)8-15/h4-7,11H,3H2,1-2H3. The summed E-state index contributed by atoms with van der Waals surface area (Å²) in [5.74, 6) is 0.215. The number of carbonyl (C=O) groups excluding carboxylic acids is 2. The lowest BCUT2D eigenvalue weighted by atomic mass is 10.2. The maximum atomic E-state index is 11.6. The van der Waals surface area contributed by atoms with E-state index in [0.717, 1.165) is 5.75 Å². The van der Waals surface area contributed by atoms with Crippen molar-refractivity contribution in [2.75, 3.05) is 18.6 Å². The molecule has 0 aliphatic heterocycles. The highest BCUT2D eigenvalue weighted by Gasteiger charge is 2.20. The minimum Gasteiger partial charge on any atom is -0.494 e. The molecule has 0 aliphatic carbocycles. The Hall–Kier alpha value is -1.55. The lowest BCUT2D eigenvalue weighted by Crippen LogP contribution is -2.34. The van der Waals surface area contributed by atoms with E-state index >= 15 is 0 Å². The molecular formula is C12H13ClNO3. The van der Waals surface area contributed by atoms with Gasteiger partial charge in [-0.1, -0.05) is 0 Å². The van der Waals surface area contributed by atoms with Gasteiger partial charge in [-0.25, -0.2) is 0 Å². The number of hydrogen-bond acceptors (Lipinski definition) is 3. The van der Waals surface area contributed by atoms with Crippen LogP contribution in [0.25, 0.3) is 0 Å². The summed E-state index contributed by atoms with van der Waals surface area (Å²) in [4.78, 5) is 23.2. The van der Waals surface area contributed by atoms with E-state index in [2.05, 4.69) is 0 Å². The van der Waals surface area contributed by atoms with Crippen LogP contribution in [0.15, 0.2) is 24.3 Å². The van der Waals surface area contributed by atoms with E-state index in [1.807, 2.05) is 6.92 Å². The first-order valence-corrected chi connectivity index (χ1v) is 5.56. The maximum Gasteiger partial charge on any atom is 0.252 e. The molecule has 0 bridgehead atoms. The monoisotopic (exact) mass is 254 g/mol. The van der Waals surface area contributed by atoms with Crippen LogP contribution in [0.5, 0.6) is 5.75 Å². The van der Waals surface area contributed by atoms with Crippen molar-refractivity contribution in [1.29, 1.82) is 0 Å². The third-order valence-corrected chi connectivity index (χ3v) is 2.46. The van der Waals surface area contributed by atoms with Gasteiger partial charge in [0.15, 0.2) is 5.38 Å². The number of hydrogen-bond donors (Lipinski definition) is 0. The maximum absolute atomic E-state index is 11.6. The van der Waals surface area contributed by atoms with Gasteiger partial charge in [0.1, 0.15) is 5.75 Å². The predicted octanol–water partition coefficient (Wildman–Crippen LogP) is 1.77. The fourth-order valence-corrected chi connectivity index (χ4v) is 1.43. The van der Waals surface area contributed by atoms with Crippen LogP contribution in [0.4, 0.5) is 5.69 Å². The fraction of sp³-hybridized carbons (Fsp3) is 0.333. The number of nitrogens with zero attached hydrogens (tertiary/aromatic N) is 1. The zero-order valence-electron chi connectivity index (χ0n) is 9.64. The van der Waals surface area contributed by atoms with Crippen LogP contribution in [-0.2, 0) is 9.59 Å². The van der Waals surface area contributed by atoms with Gasteiger partial charge in [-0.15, -0.1) is 11.6 Å². The second kappa shape index (κ2) is 6.25. The lowest BCUT2D eigenvalue weighted by molar-refractivity contribution is -0.116. The Balaban J connectivity index is 2.78. The zero-order valence-corrected chi connectivity index (χ0v) is 10.4. The number of alkyl halides is 1. The SMILES string of the molecule is CCOc1ccc(N(C)C(=O)C(Cl)[C]=O)cc1. The molecule has 1 aromatic carbocycles. The van der Waals surface area contributed by atoms with Gasteiger partial charge < -0.3 is 9.64 Å². The Morgan fingerprint density at radius 3 is 2.53 bits per heavy atom. The molecule has 1 rings (SSSR count). The van der Waals surface area contributed by atoms with Crippen molar-refractivity contribution in [2.24, 2.45) is 0 Å². The van der Waals surface area contributed by atoms with Gasteiger partial charge in [0.05, 0.1) is 6.61 Å². The summed E-state index contributed by atoms with van der Waals surface area (Å²) in [6, 6.07) is 6.93. The molecule has 0 N–H and O–H groups in total. The quantitative estimate of drug-likeness (QED) is 0.594. The molecule has 5 heteroatoms. The second-order valence-electron chi connectivity index (χ2n) is 3.30. The number of amides is 1. The summed E-state index contributed by atoms with van der Waals surface area (Å²) >= 11 is 5.50. The number of benzene rings is 1. The number of halogens is 1. The van der Waals surface area contributed by atoms with E-state index < -0.39 is 11.3 Å².